The highest BCUT2D eigenvalue weighted by atomic mass is 32.1. The number of rotatable bonds is 6. The van der Waals surface area contributed by atoms with Crippen molar-refractivity contribution >= 4 is 38.9 Å². The third kappa shape index (κ3) is 3.69. The lowest BCUT2D eigenvalue weighted by atomic mass is 9.94. The normalized spacial score (nSPS) is 10.7. The molecule has 0 atom stereocenters. The zero-order chi connectivity index (χ0) is 21.1. The van der Waals surface area contributed by atoms with E-state index in [9.17, 15) is 9.59 Å². The van der Waals surface area contributed by atoms with Gasteiger partial charge in [0.15, 0.2) is 10.9 Å². The van der Waals surface area contributed by atoms with Gasteiger partial charge in [0.05, 0.1) is 7.11 Å². The van der Waals surface area contributed by atoms with E-state index in [1.165, 1.54) is 11.3 Å². The maximum absolute atomic E-state index is 13.3. The number of carbonyl (C=O) groups is 2. The van der Waals surface area contributed by atoms with Crippen molar-refractivity contribution < 1.29 is 14.3 Å². The van der Waals surface area contributed by atoms with E-state index < -0.39 is 0 Å². The molecule has 0 N–H and O–H groups in total. The van der Waals surface area contributed by atoms with Gasteiger partial charge in [-0.25, -0.2) is 4.98 Å². The van der Waals surface area contributed by atoms with E-state index in [4.69, 9.17) is 4.74 Å². The lowest BCUT2D eigenvalue weighted by Gasteiger charge is -2.19. The summed E-state index contributed by atoms with van der Waals surface area (Å²) in [5, 5.41) is 4.01. The Bertz CT molecular complexity index is 1200. The molecule has 4 rings (SSSR count). The second kappa shape index (κ2) is 8.47. The van der Waals surface area contributed by atoms with Crippen molar-refractivity contribution in [2.24, 2.45) is 0 Å². The van der Waals surface area contributed by atoms with Crippen LogP contribution in [0.15, 0.2) is 72.2 Å². The first kappa shape index (κ1) is 19.8. The minimum Gasteiger partial charge on any atom is -0.497 e. The van der Waals surface area contributed by atoms with E-state index in [0.29, 0.717) is 34.1 Å². The SMILES string of the molecule is CCN(C(=O)c1cc(C(=O)c2ccccc2)c2ccc(OC)cc2c1)c1nccs1. The predicted molar refractivity (Wildman–Crippen MR) is 120 cm³/mol. The van der Waals surface area contributed by atoms with Crippen molar-refractivity contribution in [2.75, 3.05) is 18.6 Å². The first-order valence-corrected chi connectivity index (χ1v) is 10.4. The molecule has 0 saturated carbocycles. The average Bonchev–Trinajstić information content (AvgIpc) is 3.33. The van der Waals surface area contributed by atoms with Gasteiger partial charge in [0.2, 0.25) is 0 Å². The smallest absolute Gasteiger partial charge is 0.260 e. The first-order chi connectivity index (χ1) is 14.6. The Hall–Kier alpha value is -3.51. The summed E-state index contributed by atoms with van der Waals surface area (Å²) >= 11 is 1.40. The van der Waals surface area contributed by atoms with Crippen LogP contribution in [-0.4, -0.2) is 30.3 Å². The fourth-order valence-corrected chi connectivity index (χ4v) is 4.11. The Labute approximate surface area is 178 Å². The quantitative estimate of drug-likeness (QED) is 0.405. The molecule has 0 aliphatic rings. The molecule has 1 amide bonds. The fraction of sp³-hybridized carbons (Fsp3) is 0.125. The third-order valence-corrected chi connectivity index (χ3v) is 5.69. The van der Waals surface area contributed by atoms with E-state index in [1.54, 1.807) is 42.5 Å². The van der Waals surface area contributed by atoms with Crippen LogP contribution in [0.3, 0.4) is 0 Å². The minimum atomic E-state index is -0.195. The van der Waals surface area contributed by atoms with Gasteiger partial charge < -0.3 is 4.74 Å². The van der Waals surface area contributed by atoms with Crippen LogP contribution in [-0.2, 0) is 0 Å². The largest absolute Gasteiger partial charge is 0.497 e. The molecule has 0 unspecified atom stereocenters. The second-order valence-corrected chi connectivity index (χ2v) is 7.54. The number of hydrogen-bond donors (Lipinski definition) is 0. The van der Waals surface area contributed by atoms with Gasteiger partial charge in [-0.1, -0.05) is 30.3 Å². The molecule has 0 saturated heterocycles. The zero-order valence-electron chi connectivity index (χ0n) is 16.7. The lowest BCUT2D eigenvalue weighted by Crippen LogP contribution is -2.30. The molecule has 0 bridgehead atoms. The number of aromatic nitrogens is 1. The van der Waals surface area contributed by atoms with Gasteiger partial charge in [-0.15, -0.1) is 11.3 Å². The van der Waals surface area contributed by atoms with Crippen LogP contribution >= 0.6 is 11.3 Å². The molecule has 0 fully saturated rings. The molecule has 4 aromatic rings. The van der Waals surface area contributed by atoms with Gasteiger partial charge in [-0.3, -0.25) is 14.5 Å². The summed E-state index contributed by atoms with van der Waals surface area (Å²) in [5.74, 6) is 0.342. The highest BCUT2D eigenvalue weighted by Crippen LogP contribution is 2.29. The Balaban J connectivity index is 1.88. The second-order valence-electron chi connectivity index (χ2n) is 6.67. The summed E-state index contributed by atoms with van der Waals surface area (Å²) in [6.07, 6.45) is 1.67. The summed E-state index contributed by atoms with van der Waals surface area (Å²) in [6.45, 7) is 2.38. The number of fused-ring (bicyclic) bond motifs is 1. The van der Waals surface area contributed by atoms with Crippen LogP contribution in [0.25, 0.3) is 10.8 Å². The van der Waals surface area contributed by atoms with E-state index >= 15 is 0 Å². The number of methoxy groups -OCH3 is 1. The third-order valence-electron chi connectivity index (χ3n) is 4.90. The number of anilines is 1. The number of thiazole rings is 1. The maximum atomic E-state index is 13.3. The number of ether oxygens (including phenoxy) is 1. The molecule has 0 radical (unpaired) electrons. The Kier molecular flexibility index (Phi) is 5.59. The highest BCUT2D eigenvalue weighted by Gasteiger charge is 2.22. The fourth-order valence-electron chi connectivity index (χ4n) is 3.40. The van der Waals surface area contributed by atoms with E-state index in [1.807, 2.05) is 48.7 Å². The molecule has 5 nitrogen and oxygen atoms in total. The van der Waals surface area contributed by atoms with Gasteiger partial charge >= 0.3 is 0 Å². The molecule has 6 heteroatoms. The van der Waals surface area contributed by atoms with E-state index in [-0.39, 0.29) is 11.7 Å². The van der Waals surface area contributed by atoms with Crippen molar-refractivity contribution in [3.8, 4) is 5.75 Å². The lowest BCUT2D eigenvalue weighted by molar-refractivity contribution is 0.0988. The molecule has 0 spiro atoms. The van der Waals surface area contributed by atoms with E-state index in [2.05, 4.69) is 4.98 Å². The van der Waals surface area contributed by atoms with Crippen molar-refractivity contribution in [1.29, 1.82) is 0 Å². The van der Waals surface area contributed by atoms with Gasteiger partial charge in [0.1, 0.15) is 5.75 Å². The van der Waals surface area contributed by atoms with Gasteiger partial charge in [-0.05, 0) is 48.0 Å². The summed E-state index contributed by atoms with van der Waals surface area (Å²) < 4.78 is 5.35. The van der Waals surface area contributed by atoms with Gasteiger partial charge in [0.25, 0.3) is 5.91 Å². The Morgan fingerprint density at radius 3 is 2.50 bits per heavy atom. The Morgan fingerprint density at radius 1 is 1.03 bits per heavy atom. The number of nitrogens with zero attached hydrogens (tertiary/aromatic N) is 2. The average molecular weight is 417 g/mol. The number of amides is 1. The van der Waals surface area contributed by atoms with Crippen LogP contribution < -0.4 is 9.64 Å². The molecule has 3 aromatic carbocycles. The van der Waals surface area contributed by atoms with Crippen molar-refractivity contribution in [3.63, 3.8) is 0 Å². The van der Waals surface area contributed by atoms with E-state index in [0.717, 1.165) is 10.8 Å². The van der Waals surface area contributed by atoms with Crippen LogP contribution in [0.1, 0.15) is 33.2 Å². The van der Waals surface area contributed by atoms with Crippen molar-refractivity contribution in [1.82, 2.24) is 4.98 Å². The summed E-state index contributed by atoms with van der Waals surface area (Å²) in [4.78, 5) is 32.5. The maximum Gasteiger partial charge on any atom is 0.260 e. The molecular formula is C24H20N2O3S. The topological polar surface area (TPSA) is 59.5 Å². The zero-order valence-corrected chi connectivity index (χ0v) is 17.5. The number of hydrogen-bond acceptors (Lipinski definition) is 5. The van der Waals surface area contributed by atoms with Crippen LogP contribution in [0.5, 0.6) is 5.75 Å². The summed E-state index contributed by atoms with van der Waals surface area (Å²) in [7, 11) is 1.59. The van der Waals surface area contributed by atoms with Crippen molar-refractivity contribution in [3.05, 3.63) is 88.9 Å². The van der Waals surface area contributed by atoms with Crippen LogP contribution in [0.2, 0.25) is 0 Å². The molecule has 0 aliphatic carbocycles. The minimum absolute atomic E-state index is 0.127. The number of carbonyl (C=O) groups excluding carboxylic acids is 2. The molecule has 30 heavy (non-hydrogen) atoms. The van der Waals surface area contributed by atoms with Gasteiger partial charge in [-0.2, -0.15) is 0 Å². The van der Waals surface area contributed by atoms with Crippen molar-refractivity contribution in [2.45, 2.75) is 6.92 Å². The standard InChI is InChI=1S/C24H20N2O3S/c1-3-26(24-25-11-12-30-24)23(28)18-13-17-14-19(29-2)9-10-20(17)21(15-18)22(27)16-7-5-4-6-8-16/h4-15H,3H2,1-2H3. The van der Waals surface area contributed by atoms with Crippen LogP contribution in [0.4, 0.5) is 5.13 Å². The number of ketones is 1. The highest BCUT2D eigenvalue weighted by molar-refractivity contribution is 7.13. The summed E-state index contributed by atoms with van der Waals surface area (Å²) in [5.41, 5.74) is 1.50. The molecule has 0 aliphatic heterocycles. The summed E-state index contributed by atoms with van der Waals surface area (Å²) in [6, 6.07) is 18.1. The predicted octanol–water partition coefficient (Wildman–Crippen LogP) is 5.20. The molecular weight excluding hydrogens is 396 g/mol. The number of benzene rings is 3. The monoisotopic (exact) mass is 416 g/mol. The molecule has 1 aromatic heterocycles. The van der Waals surface area contributed by atoms with Crippen LogP contribution in [0, 0.1) is 0 Å². The van der Waals surface area contributed by atoms with Gasteiger partial charge in [0, 0.05) is 34.8 Å². The molecule has 1 heterocycles. The first-order valence-electron chi connectivity index (χ1n) is 9.55. The molecule has 150 valence electrons. The Morgan fingerprint density at radius 2 is 1.83 bits per heavy atom.